The van der Waals surface area contributed by atoms with Gasteiger partial charge in [0.15, 0.2) is 0 Å². The van der Waals surface area contributed by atoms with Crippen LogP contribution in [-0.4, -0.2) is 23.0 Å². The minimum atomic E-state index is -0.724. The van der Waals surface area contributed by atoms with Gasteiger partial charge in [-0.05, 0) is 31.6 Å². The Bertz CT molecular complexity index is 577. The average Bonchev–Trinajstić information content (AvgIpc) is 2.94. The predicted molar refractivity (Wildman–Crippen MR) is 103 cm³/mol. The smallest absolute Gasteiger partial charge is 0.318 e. The molecule has 0 spiro atoms. The van der Waals surface area contributed by atoms with Gasteiger partial charge in [-0.3, -0.25) is 14.4 Å². The van der Waals surface area contributed by atoms with Gasteiger partial charge in [0.05, 0.1) is 11.8 Å². The zero-order valence-electron chi connectivity index (χ0n) is 16.3. The second-order valence-corrected chi connectivity index (χ2v) is 7.69. The zero-order valence-corrected chi connectivity index (χ0v) is 16.3. The normalized spacial score (nSPS) is 27.1. The van der Waals surface area contributed by atoms with Gasteiger partial charge >= 0.3 is 17.9 Å². The molecule has 1 aliphatic heterocycles. The number of carboxylic acid groups (broad SMARTS) is 1. The first-order valence-corrected chi connectivity index (χ1v) is 10.4. The molecular formula is C22H32O5. The van der Waals surface area contributed by atoms with Crippen molar-refractivity contribution in [3.63, 3.8) is 0 Å². The maximum atomic E-state index is 12.2. The van der Waals surface area contributed by atoms with E-state index in [1.165, 1.54) is 0 Å². The molecule has 0 amide bonds. The van der Waals surface area contributed by atoms with Gasteiger partial charge in [-0.2, -0.15) is 0 Å². The zero-order chi connectivity index (χ0) is 19.6. The third-order valence-corrected chi connectivity index (χ3v) is 5.60. The van der Waals surface area contributed by atoms with Crippen molar-refractivity contribution >= 4 is 17.9 Å². The molecule has 0 saturated carbocycles. The molecule has 150 valence electrons. The first-order chi connectivity index (χ1) is 13.0. The average molecular weight is 376 g/mol. The van der Waals surface area contributed by atoms with E-state index in [2.05, 4.69) is 31.2 Å². The maximum absolute atomic E-state index is 12.2. The van der Waals surface area contributed by atoms with Gasteiger partial charge in [-0.15, -0.1) is 0 Å². The number of esters is 2. The SMILES string of the molecule is CCCCC1C=CC(/C=C/CCCCCCCC(=O)O)C2C(=O)OC(=O)C12. The van der Waals surface area contributed by atoms with Gasteiger partial charge < -0.3 is 9.84 Å². The molecule has 0 aromatic carbocycles. The number of carboxylic acids is 1. The van der Waals surface area contributed by atoms with Crippen LogP contribution in [0.25, 0.3) is 0 Å². The van der Waals surface area contributed by atoms with Crippen molar-refractivity contribution in [3.05, 3.63) is 24.3 Å². The second-order valence-electron chi connectivity index (χ2n) is 7.69. The quantitative estimate of drug-likeness (QED) is 0.232. The highest BCUT2D eigenvalue weighted by molar-refractivity contribution is 5.97. The minimum Gasteiger partial charge on any atom is -0.481 e. The Hall–Kier alpha value is -1.91. The van der Waals surface area contributed by atoms with Crippen LogP contribution in [0.4, 0.5) is 0 Å². The van der Waals surface area contributed by atoms with Crippen molar-refractivity contribution < 1.29 is 24.2 Å². The van der Waals surface area contributed by atoms with Crippen LogP contribution in [0.1, 0.15) is 71.1 Å². The molecule has 1 saturated heterocycles. The van der Waals surface area contributed by atoms with Crippen LogP contribution < -0.4 is 0 Å². The molecule has 1 fully saturated rings. The summed E-state index contributed by atoms with van der Waals surface area (Å²) in [5.74, 6) is -2.07. The Balaban J connectivity index is 1.78. The van der Waals surface area contributed by atoms with Crippen molar-refractivity contribution in [2.45, 2.75) is 71.1 Å². The Morgan fingerprint density at radius 1 is 1.04 bits per heavy atom. The Labute approximate surface area is 161 Å². The van der Waals surface area contributed by atoms with E-state index < -0.39 is 5.97 Å². The summed E-state index contributed by atoms with van der Waals surface area (Å²) in [5, 5.41) is 8.60. The molecule has 0 radical (unpaired) electrons. The largest absolute Gasteiger partial charge is 0.481 e. The summed E-state index contributed by atoms with van der Waals surface area (Å²) in [5.41, 5.74) is 0. The lowest BCUT2D eigenvalue weighted by atomic mass is 9.70. The van der Waals surface area contributed by atoms with Gasteiger partial charge in [-0.25, -0.2) is 0 Å². The Morgan fingerprint density at radius 3 is 2.48 bits per heavy atom. The molecule has 0 bridgehead atoms. The number of hydrogen-bond donors (Lipinski definition) is 1. The lowest BCUT2D eigenvalue weighted by Gasteiger charge is -2.29. The number of allylic oxidation sites excluding steroid dienone is 4. The van der Waals surface area contributed by atoms with Crippen LogP contribution >= 0.6 is 0 Å². The number of carbonyl (C=O) groups is 3. The van der Waals surface area contributed by atoms with Crippen LogP contribution in [0.5, 0.6) is 0 Å². The minimum absolute atomic E-state index is 0.0533. The third-order valence-electron chi connectivity index (χ3n) is 5.60. The molecule has 4 unspecified atom stereocenters. The van der Waals surface area contributed by atoms with Crippen molar-refractivity contribution in [1.29, 1.82) is 0 Å². The van der Waals surface area contributed by atoms with Gasteiger partial charge in [0.25, 0.3) is 0 Å². The second kappa shape index (κ2) is 11.1. The molecule has 1 aliphatic carbocycles. The van der Waals surface area contributed by atoms with Crippen molar-refractivity contribution in [3.8, 4) is 0 Å². The van der Waals surface area contributed by atoms with Crippen LogP contribution in [0.15, 0.2) is 24.3 Å². The lowest BCUT2D eigenvalue weighted by molar-refractivity contribution is -0.154. The predicted octanol–water partition coefficient (Wildman–Crippen LogP) is 4.67. The van der Waals surface area contributed by atoms with E-state index in [4.69, 9.17) is 9.84 Å². The third kappa shape index (κ3) is 6.33. The molecule has 5 nitrogen and oxygen atoms in total. The molecule has 2 aliphatic rings. The molecule has 1 N–H and O–H groups in total. The fourth-order valence-corrected chi connectivity index (χ4v) is 4.10. The number of cyclic esters (lactones) is 2. The van der Waals surface area contributed by atoms with E-state index in [9.17, 15) is 14.4 Å². The monoisotopic (exact) mass is 376 g/mol. The standard InChI is InChI=1S/C22H32O5/c1-2-3-11-16-14-15-17(20-19(16)21(25)27-22(20)26)12-9-7-5-4-6-8-10-13-18(23)24/h9,12,14-17,19-20H,2-8,10-11,13H2,1H3,(H,23,24)/b12-9+. The van der Waals surface area contributed by atoms with Crippen LogP contribution in [-0.2, 0) is 19.1 Å². The summed E-state index contributed by atoms with van der Waals surface area (Å²) >= 11 is 0. The summed E-state index contributed by atoms with van der Waals surface area (Å²) in [6.45, 7) is 2.12. The maximum Gasteiger partial charge on any atom is 0.318 e. The molecule has 4 atom stereocenters. The lowest BCUT2D eigenvalue weighted by Crippen LogP contribution is -2.33. The van der Waals surface area contributed by atoms with Gasteiger partial charge in [0, 0.05) is 12.3 Å². The highest BCUT2D eigenvalue weighted by atomic mass is 16.6. The topological polar surface area (TPSA) is 80.7 Å². The first-order valence-electron chi connectivity index (χ1n) is 10.4. The highest BCUT2D eigenvalue weighted by Gasteiger charge is 2.51. The number of rotatable bonds is 12. The molecular weight excluding hydrogens is 344 g/mol. The number of carbonyl (C=O) groups excluding carboxylic acids is 2. The summed E-state index contributed by atoms with van der Waals surface area (Å²) in [6, 6.07) is 0. The fourth-order valence-electron chi connectivity index (χ4n) is 4.10. The van der Waals surface area contributed by atoms with E-state index in [0.29, 0.717) is 0 Å². The van der Waals surface area contributed by atoms with Crippen molar-refractivity contribution in [2.24, 2.45) is 23.7 Å². The molecule has 5 heteroatoms. The summed E-state index contributed by atoms with van der Waals surface area (Å²) in [7, 11) is 0. The van der Waals surface area contributed by atoms with Gasteiger partial charge in [0.2, 0.25) is 0 Å². The summed E-state index contributed by atoms with van der Waals surface area (Å²) in [4.78, 5) is 34.8. The number of ether oxygens (including phenoxy) is 1. The number of aliphatic carboxylic acids is 1. The summed E-state index contributed by atoms with van der Waals surface area (Å²) < 4.78 is 4.95. The molecule has 0 aromatic heterocycles. The molecule has 0 aromatic rings. The highest BCUT2D eigenvalue weighted by Crippen LogP contribution is 2.42. The molecule has 2 rings (SSSR count). The Kier molecular flexibility index (Phi) is 8.76. The van der Waals surface area contributed by atoms with Crippen LogP contribution in [0, 0.1) is 23.7 Å². The van der Waals surface area contributed by atoms with E-state index >= 15 is 0 Å². The number of hydrogen-bond acceptors (Lipinski definition) is 4. The Morgan fingerprint density at radius 2 is 1.74 bits per heavy atom. The van der Waals surface area contributed by atoms with E-state index in [-0.39, 0.29) is 42.0 Å². The van der Waals surface area contributed by atoms with E-state index in [1.54, 1.807) is 0 Å². The van der Waals surface area contributed by atoms with Gasteiger partial charge in [-0.1, -0.05) is 63.3 Å². The van der Waals surface area contributed by atoms with E-state index in [0.717, 1.165) is 57.8 Å². The number of unbranched alkanes of at least 4 members (excludes halogenated alkanes) is 6. The van der Waals surface area contributed by atoms with Crippen LogP contribution in [0.2, 0.25) is 0 Å². The van der Waals surface area contributed by atoms with Crippen molar-refractivity contribution in [2.75, 3.05) is 0 Å². The van der Waals surface area contributed by atoms with E-state index in [1.807, 2.05) is 0 Å². The van der Waals surface area contributed by atoms with Gasteiger partial charge in [0.1, 0.15) is 0 Å². The first kappa shape index (κ1) is 21.4. The molecule has 27 heavy (non-hydrogen) atoms. The van der Waals surface area contributed by atoms with Crippen LogP contribution in [0.3, 0.4) is 0 Å². The molecule has 1 heterocycles. The fraction of sp³-hybridized carbons (Fsp3) is 0.682. The number of fused-ring (bicyclic) bond motifs is 1. The van der Waals surface area contributed by atoms with Crippen molar-refractivity contribution in [1.82, 2.24) is 0 Å². The summed E-state index contributed by atoms with van der Waals surface area (Å²) in [6.07, 6.45) is 17.5.